The Morgan fingerprint density at radius 2 is 1.67 bits per heavy atom. The molecule has 0 bridgehead atoms. The van der Waals surface area contributed by atoms with Crippen LogP contribution in [0, 0.1) is 36.9 Å². The number of allylic oxidation sites excluding steroid dienone is 1. The highest BCUT2D eigenvalue weighted by Crippen LogP contribution is 2.42. The van der Waals surface area contributed by atoms with Crippen molar-refractivity contribution in [1.82, 2.24) is 9.97 Å². The van der Waals surface area contributed by atoms with Gasteiger partial charge >= 0.3 is 0 Å². The van der Waals surface area contributed by atoms with Crippen LogP contribution in [-0.2, 0) is 12.8 Å². The van der Waals surface area contributed by atoms with Crippen molar-refractivity contribution in [2.24, 2.45) is 0 Å². The summed E-state index contributed by atoms with van der Waals surface area (Å²) in [6, 6.07) is 6.44. The van der Waals surface area contributed by atoms with Crippen LogP contribution in [0.15, 0.2) is 24.3 Å². The number of H-pyrrole nitrogens is 1. The molecule has 3 rings (SSSR count). The molecule has 0 saturated heterocycles. The number of halogens is 1. The first-order valence-corrected chi connectivity index (χ1v) is 12.2. The Balaban J connectivity index is 0.000000820. The summed E-state index contributed by atoms with van der Waals surface area (Å²) in [5.74, 6) is 0. The van der Waals surface area contributed by atoms with Gasteiger partial charge in [0, 0.05) is 22.2 Å². The van der Waals surface area contributed by atoms with Gasteiger partial charge in [0.2, 0.25) is 0 Å². The van der Waals surface area contributed by atoms with Gasteiger partial charge in [0.05, 0.1) is 16.1 Å². The molecule has 1 N–H and O–H groups in total. The summed E-state index contributed by atoms with van der Waals surface area (Å²) in [7, 11) is 0. The largest absolute Gasteiger partial charge is 0.334 e. The number of nitrogens with zero attached hydrogens (tertiary/aromatic N) is 2. The molecule has 2 aromatic carbocycles. The number of aryl methyl sites for hydroxylation is 3. The molecule has 1 heterocycles. The number of aromatic amines is 1. The molecule has 1 aromatic heterocycles. The number of nitriles is 1. The van der Waals surface area contributed by atoms with Crippen LogP contribution in [0.3, 0.4) is 0 Å². The Kier molecular flexibility index (Phi) is 11.0. The van der Waals surface area contributed by atoms with Crippen molar-refractivity contribution >= 4 is 34.7 Å². The van der Waals surface area contributed by atoms with E-state index in [9.17, 15) is 5.26 Å². The van der Waals surface area contributed by atoms with E-state index in [1.165, 1.54) is 16.7 Å². The summed E-state index contributed by atoms with van der Waals surface area (Å²) in [4.78, 5) is 7.70. The molecule has 0 aliphatic rings. The molecule has 33 heavy (non-hydrogen) atoms. The summed E-state index contributed by atoms with van der Waals surface area (Å²) in [5.41, 5.74) is 9.78. The van der Waals surface area contributed by atoms with Crippen molar-refractivity contribution in [2.45, 2.75) is 75.2 Å². The topological polar surface area (TPSA) is 52.5 Å². The van der Waals surface area contributed by atoms with Crippen molar-refractivity contribution in [3.63, 3.8) is 0 Å². The first-order chi connectivity index (χ1) is 15.6. The van der Waals surface area contributed by atoms with E-state index in [0.717, 1.165) is 46.2 Å². The van der Waals surface area contributed by atoms with Gasteiger partial charge in [-0.15, -0.1) is 6.58 Å². The van der Waals surface area contributed by atoms with Crippen molar-refractivity contribution < 1.29 is 0 Å². The molecule has 3 nitrogen and oxygen atoms in total. The number of nitrogens with one attached hydrogen (secondary N) is 1. The number of hydrogen-bond donors (Lipinski definition) is 1. The predicted octanol–water partition coefficient (Wildman–Crippen LogP) is 9.14. The van der Waals surface area contributed by atoms with E-state index in [-0.39, 0.29) is 0 Å². The summed E-state index contributed by atoms with van der Waals surface area (Å²) < 4.78 is 0.416. The fraction of sp³-hybridized carbons (Fsp3) is 0.393. The standard InChI is InChI=1S/C22H22ClN3S.C4H8.C2H6/c1-6-14-15(7-2)19(16-9-8-11(3)12(4)17(16)10-24)20(23)21-18(14)13(5)25-22(27)26-21;1-4(2)3;1-2/h8-9H,6-7H2,1-5H3,(H,25,26,27);1H2,2-3H3;1-2H3. The Bertz CT molecular complexity index is 1260. The van der Waals surface area contributed by atoms with Gasteiger partial charge < -0.3 is 4.98 Å². The highest BCUT2D eigenvalue weighted by atomic mass is 35.5. The quantitative estimate of drug-likeness (QED) is 0.299. The van der Waals surface area contributed by atoms with Gasteiger partial charge in [0.25, 0.3) is 0 Å². The lowest BCUT2D eigenvalue weighted by molar-refractivity contribution is 1.04. The van der Waals surface area contributed by atoms with Crippen molar-refractivity contribution in [3.05, 3.63) is 67.6 Å². The zero-order valence-electron chi connectivity index (χ0n) is 21.5. The summed E-state index contributed by atoms with van der Waals surface area (Å²) in [5, 5.41) is 11.4. The Labute approximate surface area is 209 Å². The monoisotopic (exact) mass is 481 g/mol. The second kappa shape index (κ2) is 12.7. The molecule has 0 atom stereocenters. The molecule has 0 radical (unpaired) electrons. The van der Waals surface area contributed by atoms with E-state index in [1.807, 2.05) is 60.6 Å². The van der Waals surface area contributed by atoms with Crippen molar-refractivity contribution in [2.75, 3.05) is 0 Å². The van der Waals surface area contributed by atoms with E-state index in [2.05, 4.69) is 36.5 Å². The third kappa shape index (κ3) is 6.10. The lowest BCUT2D eigenvalue weighted by Crippen LogP contribution is -2.04. The molecule has 3 aromatic rings. The molecule has 0 spiro atoms. The molecular weight excluding hydrogens is 446 g/mol. The fourth-order valence-corrected chi connectivity index (χ4v) is 4.49. The second-order valence-corrected chi connectivity index (χ2v) is 8.76. The third-order valence-electron chi connectivity index (χ3n) is 5.34. The Hall–Kier alpha value is -2.48. The number of benzene rings is 2. The molecule has 0 aliphatic carbocycles. The lowest BCUT2D eigenvalue weighted by atomic mass is 9.85. The van der Waals surface area contributed by atoms with Gasteiger partial charge in [-0.3, -0.25) is 0 Å². The summed E-state index contributed by atoms with van der Waals surface area (Å²) >= 11 is 12.2. The average molecular weight is 482 g/mol. The summed E-state index contributed by atoms with van der Waals surface area (Å²) in [6.07, 6.45) is 1.67. The maximum atomic E-state index is 9.84. The number of hydrogen-bond acceptors (Lipinski definition) is 3. The van der Waals surface area contributed by atoms with Crippen LogP contribution < -0.4 is 0 Å². The first-order valence-electron chi connectivity index (χ1n) is 11.4. The van der Waals surface area contributed by atoms with Gasteiger partial charge in [-0.1, -0.05) is 57.0 Å². The minimum Gasteiger partial charge on any atom is -0.334 e. The molecule has 5 heteroatoms. The van der Waals surface area contributed by atoms with Crippen LogP contribution in [-0.4, -0.2) is 9.97 Å². The van der Waals surface area contributed by atoms with Crippen LogP contribution in [0.1, 0.15) is 75.1 Å². The lowest BCUT2D eigenvalue weighted by Gasteiger charge is -2.21. The normalized spacial score (nSPS) is 9.97. The second-order valence-electron chi connectivity index (χ2n) is 7.99. The maximum absolute atomic E-state index is 9.84. The molecule has 0 amide bonds. The van der Waals surface area contributed by atoms with Crippen LogP contribution in [0.2, 0.25) is 5.02 Å². The fourth-order valence-electron chi connectivity index (χ4n) is 3.90. The molecule has 176 valence electrons. The molecule has 0 aliphatic heterocycles. The van der Waals surface area contributed by atoms with E-state index in [4.69, 9.17) is 23.8 Å². The predicted molar refractivity (Wildman–Crippen MR) is 147 cm³/mol. The molecule has 0 fully saturated rings. The minimum atomic E-state index is 0.416. The van der Waals surface area contributed by atoms with Gasteiger partial charge in [-0.25, -0.2) is 4.98 Å². The van der Waals surface area contributed by atoms with Gasteiger partial charge in [0.15, 0.2) is 4.77 Å². The van der Waals surface area contributed by atoms with Crippen molar-refractivity contribution in [1.29, 1.82) is 5.26 Å². The van der Waals surface area contributed by atoms with Crippen molar-refractivity contribution in [3.8, 4) is 17.2 Å². The van der Waals surface area contributed by atoms with Gasteiger partial charge in [0.1, 0.15) is 6.07 Å². The zero-order chi connectivity index (χ0) is 25.5. The minimum absolute atomic E-state index is 0.416. The Morgan fingerprint density at radius 3 is 2.15 bits per heavy atom. The Morgan fingerprint density at radius 1 is 1.12 bits per heavy atom. The maximum Gasteiger partial charge on any atom is 0.197 e. The highest BCUT2D eigenvalue weighted by molar-refractivity contribution is 7.71. The highest BCUT2D eigenvalue weighted by Gasteiger charge is 2.23. The zero-order valence-corrected chi connectivity index (χ0v) is 23.0. The van der Waals surface area contributed by atoms with E-state index in [0.29, 0.717) is 20.9 Å². The van der Waals surface area contributed by atoms with E-state index < -0.39 is 0 Å². The summed E-state index contributed by atoms with van der Waals surface area (Å²) in [6.45, 7) is 21.8. The van der Waals surface area contributed by atoms with Crippen LogP contribution in [0.25, 0.3) is 22.0 Å². The smallest absolute Gasteiger partial charge is 0.197 e. The van der Waals surface area contributed by atoms with E-state index in [1.54, 1.807) is 0 Å². The van der Waals surface area contributed by atoms with Gasteiger partial charge in [-0.05, 0) is 81.9 Å². The molecule has 0 unspecified atom stereocenters. The van der Waals surface area contributed by atoms with Crippen LogP contribution in [0.5, 0.6) is 0 Å². The number of fused-ring (bicyclic) bond motifs is 1. The number of rotatable bonds is 3. The number of aromatic nitrogens is 2. The first kappa shape index (κ1) is 28.6. The van der Waals surface area contributed by atoms with E-state index >= 15 is 0 Å². The van der Waals surface area contributed by atoms with Crippen LogP contribution >= 0.6 is 23.8 Å². The third-order valence-corrected chi connectivity index (χ3v) is 5.90. The van der Waals surface area contributed by atoms with Gasteiger partial charge in [-0.2, -0.15) is 5.26 Å². The van der Waals surface area contributed by atoms with Crippen LogP contribution in [0.4, 0.5) is 0 Å². The average Bonchev–Trinajstić information content (AvgIpc) is 2.77. The SMILES string of the molecule is C=C(C)C.CC.CCc1c(-c2ccc(C)c(C)c2C#N)c(Cl)c2nc(=S)[nH]c(C)c2c1CC. The molecule has 0 saturated carbocycles. The molecular formula is C28H36ClN3S.